The zero-order valence-corrected chi connectivity index (χ0v) is 33.1. The minimum atomic E-state index is -1.17. The third-order valence-electron chi connectivity index (χ3n) is 11.1. The van der Waals surface area contributed by atoms with E-state index in [9.17, 15) is 25.5 Å². The largest absolute Gasteiger partial charge is 0.396 e. The molecule has 0 aromatic rings. The van der Waals surface area contributed by atoms with Gasteiger partial charge in [0, 0.05) is 6.61 Å². The van der Waals surface area contributed by atoms with Crippen molar-refractivity contribution in [3.63, 3.8) is 0 Å². The Kier molecular flexibility index (Phi) is 33.4. The zero-order valence-electron chi connectivity index (χ0n) is 33.1. The van der Waals surface area contributed by atoms with Crippen molar-refractivity contribution >= 4 is 0 Å². The van der Waals surface area contributed by atoms with Crippen LogP contribution >= 0.6 is 0 Å². The zero-order chi connectivity index (χ0) is 36.5. The molecule has 7 heteroatoms. The van der Waals surface area contributed by atoms with Gasteiger partial charge in [0.15, 0.2) is 0 Å². The fraction of sp³-hybridized carbons (Fsp3) is 1.00. The third-order valence-corrected chi connectivity index (χ3v) is 11.1. The molecule has 49 heavy (non-hydrogen) atoms. The highest BCUT2D eigenvalue weighted by molar-refractivity contribution is 4.90. The lowest BCUT2D eigenvalue weighted by atomic mass is 9.77. The molecule has 0 rings (SSSR count). The number of aliphatic hydroxyl groups excluding tert-OH is 5. The molecule has 0 aliphatic carbocycles. The van der Waals surface area contributed by atoms with Gasteiger partial charge in [0.1, 0.15) is 0 Å². The van der Waals surface area contributed by atoms with E-state index in [-0.39, 0.29) is 32.5 Å². The van der Waals surface area contributed by atoms with Crippen LogP contribution in [-0.2, 0) is 9.47 Å². The van der Waals surface area contributed by atoms with Crippen molar-refractivity contribution in [3.8, 4) is 0 Å². The summed E-state index contributed by atoms with van der Waals surface area (Å²) < 4.78 is 13.0. The van der Waals surface area contributed by atoms with Gasteiger partial charge in [-0.05, 0) is 31.1 Å². The van der Waals surface area contributed by atoms with Gasteiger partial charge in [-0.25, -0.2) is 0 Å². The van der Waals surface area contributed by atoms with E-state index < -0.39 is 30.7 Å². The van der Waals surface area contributed by atoms with Gasteiger partial charge in [0.2, 0.25) is 0 Å². The molecule has 0 fully saturated rings. The fourth-order valence-corrected chi connectivity index (χ4v) is 7.08. The summed E-state index contributed by atoms with van der Waals surface area (Å²) in [7, 11) is 0. The second-order valence-electron chi connectivity index (χ2n) is 15.7. The van der Waals surface area contributed by atoms with Crippen molar-refractivity contribution in [2.75, 3.05) is 52.9 Å². The molecule has 0 amide bonds. The second-order valence-corrected chi connectivity index (χ2v) is 15.7. The van der Waals surface area contributed by atoms with Gasteiger partial charge in [-0.1, -0.05) is 169 Å². The maximum Gasteiger partial charge on any atom is 0.0700 e. The molecule has 0 aromatic carbocycles. The summed E-state index contributed by atoms with van der Waals surface area (Å²) in [6, 6.07) is 0. The number of hydrogen-bond donors (Lipinski definition) is 5. The normalized spacial score (nSPS) is 14.4. The first kappa shape index (κ1) is 48.7. The molecule has 0 aliphatic rings. The molecule has 0 bridgehead atoms. The van der Waals surface area contributed by atoms with E-state index in [0.29, 0.717) is 18.4 Å². The summed E-state index contributed by atoms with van der Waals surface area (Å²) in [5.74, 6) is 0.896. The summed E-state index contributed by atoms with van der Waals surface area (Å²) in [5, 5.41) is 51.5. The molecule has 7 nitrogen and oxygen atoms in total. The molecule has 0 spiro atoms. The molecular formula is C42H86O7. The van der Waals surface area contributed by atoms with Crippen molar-refractivity contribution in [1.29, 1.82) is 0 Å². The Labute approximate surface area is 304 Å². The standard InChI is InChI=1S/C42H86O7/c1-5-9-13-17-19-23-26-38(25-21-15-11-7-3)29-40(42(34-46,35-47)37-48-36-41(31-43,32-44)33-45)49-30-39(27-22-16-12-8-4)28-24-20-18-14-10-6-2/h38-40,43-47H,5-37H2,1-4H3. The average molecular weight is 703 g/mol. The van der Waals surface area contributed by atoms with Crippen molar-refractivity contribution in [3.05, 3.63) is 0 Å². The monoisotopic (exact) mass is 703 g/mol. The van der Waals surface area contributed by atoms with Gasteiger partial charge in [-0.15, -0.1) is 0 Å². The van der Waals surface area contributed by atoms with Gasteiger partial charge in [0.05, 0.1) is 63.2 Å². The maximum absolute atomic E-state index is 10.9. The Morgan fingerprint density at radius 3 is 1.18 bits per heavy atom. The van der Waals surface area contributed by atoms with Gasteiger partial charge in [-0.3, -0.25) is 0 Å². The fourth-order valence-electron chi connectivity index (χ4n) is 7.08. The molecular weight excluding hydrogens is 616 g/mol. The molecule has 5 N–H and O–H groups in total. The number of hydrogen-bond acceptors (Lipinski definition) is 7. The summed E-state index contributed by atoms with van der Waals surface area (Å²) in [6.07, 6.45) is 30.0. The topological polar surface area (TPSA) is 120 Å². The molecule has 0 aliphatic heterocycles. The molecule has 0 aromatic heterocycles. The highest BCUT2D eigenvalue weighted by atomic mass is 16.5. The van der Waals surface area contributed by atoms with Crippen LogP contribution < -0.4 is 0 Å². The minimum Gasteiger partial charge on any atom is -0.396 e. The lowest BCUT2D eigenvalue weighted by molar-refractivity contribution is -0.153. The lowest BCUT2D eigenvalue weighted by Crippen LogP contribution is -2.50. The van der Waals surface area contributed by atoms with E-state index in [1.54, 1.807) is 0 Å². The highest BCUT2D eigenvalue weighted by Crippen LogP contribution is 2.35. The Bertz CT molecular complexity index is 659. The van der Waals surface area contributed by atoms with E-state index in [0.717, 1.165) is 32.1 Å². The van der Waals surface area contributed by atoms with Crippen molar-refractivity contribution < 1.29 is 35.0 Å². The van der Waals surface area contributed by atoms with Crippen LogP contribution in [0.1, 0.15) is 188 Å². The van der Waals surface area contributed by atoms with Gasteiger partial charge in [0.25, 0.3) is 0 Å². The first-order chi connectivity index (χ1) is 23.9. The van der Waals surface area contributed by atoms with Gasteiger partial charge in [-0.2, -0.15) is 0 Å². The van der Waals surface area contributed by atoms with Crippen LogP contribution in [0.2, 0.25) is 0 Å². The minimum absolute atomic E-state index is 0.0323. The van der Waals surface area contributed by atoms with Crippen LogP contribution in [0.15, 0.2) is 0 Å². The summed E-state index contributed by atoms with van der Waals surface area (Å²) in [6.45, 7) is 7.80. The SMILES string of the molecule is CCCCCCCCC(CCCCCC)COC(CC(CCCCCC)CCCCCCCC)C(CO)(CO)COCC(CO)(CO)CO. The molecule has 0 saturated heterocycles. The summed E-state index contributed by atoms with van der Waals surface area (Å²) in [5.41, 5.74) is -2.20. The number of rotatable bonds is 39. The molecule has 3 atom stereocenters. The molecule has 3 unspecified atom stereocenters. The quantitative estimate of drug-likeness (QED) is 0.0405. The first-order valence-corrected chi connectivity index (χ1v) is 21.1. The van der Waals surface area contributed by atoms with Crippen LogP contribution in [0, 0.1) is 22.7 Å². The Hall–Kier alpha value is -0.280. The summed E-state index contributed by atoms with van der Waals surface area (Å²) >= 11 is 0. The van der Waals surface area contributed by atoms with Gasteiger partial charge < -0.3 is 35.0 Å². The molecule has 0 radical (unpaired) electrons. The average Bonchev–Trinajstić information content (AvgIpc) is 3.13. The molecule has 0 saturated carbocycles. The smallest absolute Gasteiger partial charge is 0.0700 e. The Balaban J connectivity index is 6.06. The lowest BCUT2D eigenvalue weighted by Gasteiger charge is -2.41. The predicted octanol–water partition coefficient (Wildman–Crippen LogP) is 9.39. The van der Waals surface area contributed by atoms with Crippen LogP contribution in [0.4, 0.5) is 0 Å². The number of ether oxygens (including phenoxy) is 2. The molecule has 0 heterocycles. The summed E-state index contributed by atoms with van der Waals surface area (Å²) in [4.78, 5) is 0. The van der Waals surface area contributed by atoms with Crippen molar-refractivity contribution in [2.24, 2.45) is 22.7 Å². The Morgan fingerprint density at radius 1 is 0.429 bits per heavy atom. The number of unbranched alkanes of at least 4 members (excludes halogenated alkanes) is 16. The predicted molar refractivity (Wildman–Crippen MR) is 206 cm³/mol. The third kappa shape index (κ3) is 23.1. The molecule has 296 valence electrons. The Morgan fingerprint density at radius 2 is 0.796 bits per heavy atom. The van der Waals surface area contributed by atoms with Gasteiger partial charge >= 0.3 is 0 Å². The first-order valence-electron chi connectivity index (χ1n) is 21.1. The van der Waals surface area contributed by atoms with Crippen molar-refractivity contribution in [1.82, 2.24) is 0 Å². The van der Waals surface area contributed by atoms with E-state index in [1.807, 2.05) is 0 Å². The maximum atomic E-state index is 10.9. The van der Waals surface area contributed by atoms with E-state index in [4.69, 9.17) is 9.47 Å². The number of aliphatic hydroxyl groups is 5. The highest BCUT2D eigenvalue weighted by Gasteiger charge is 2.42. The van der Waals surface area contributed by atoms with Crippen LogP contribution in [0.25, 0.3) is 0 Å². The van der Waals surface area contributed by atoms with Crippen LogP contribution in [0.5, 0.6) is 0 Å². The van der Waals surface area contributed by atoms with Crippen molar-refractivity contribution in [2.45, 2.75) is 194 Å². The van der Waals surface area contributed by atoms with Crippen LogP contribution in [0.3, 0.4) is 0 Å². The second kappa shape index (κ2) is 33.5. The van der Waals surface area contributed by atoms with Crippen LogP contribution in [-0.4, -0.2) is 84.5 Å². The van der Waals surface area contributed by atoms with E-state index >= 15 is 0 Å². The van der Waals surface area contributed by atoms with E-state index in [1.165, 1.54) is 128 Å². The van der Waals surface area contributed by atoms with E-state index in [2.05, 4.69) is 27.7 Å².